The third-order valence-electron chi connectivity index (χ3n) is 6.51. The number of rotatable bonds is 4. The fourth-order valence-electron chi connectivity index (χ4n) is 5.61. The van der Waals surface area contributed by atoms with Gasteiger partial charge in [-0.2, -0.15) is 0 Å². The summed E-state index contributed by atoms with van der Waals surface area (Å²) in [5.74, 6) is 1.24. The normalized spacial score (nSPS) is 36.4. The second-order valence-electron chi connectivity index (χ2n) is 7.94. The molecule has 1 aromatic rings. The molecule has 0 spiro atoms. The fourth-order valence-corrected chi connectivity index (χ4v) is 5.61. The van der Waals surface area contributed by atoms with Crippen LogP contribution in [0.5, 0.6) is 0 Å². The largest absolute Gasteiger partial charge is 0.388 e. The van der Waals surface area contributed by atoms with E-state index in [1.807, 2.05) is 31.3 Å². The van der Waals surface area contributed by atoms with Crippen molar-refractivity contribution in [1.29, 1.82) is 0 Å². The van der Waals surface area contributed by atoms with Crippen molar-refractivity contribution in [3.05, 3.63) is 29.8 Å². The third kappa shape index (κ3) is 2.38. The van der Waals surface area contributed by atoms with Crippen molar-refractivity contribution in [2.45, 2.75) is 38.1 Å². The molecule has 4 bridgehead atoms. The fraction of sp³-hybridized carbons (Fsp3) is 0.579. The lowest BCUT2D eigenvalue weighted by molar-refractivity contribution is -0.145. The van der Waals surface area contributed by atoms with Crippen molar-refractivity contribution in [2.24, 2.45) is 28.9 Å². The summed E-state index contributed by atoms with van der Waals surface area (Å²) in [6.45, 7) is 0. The maximum atomic E-state index is 12.7. The average Bonchev–Trinajstić information content (AvgIpc) is 2.57. The number of primary amides is 1. The zero-order valence-corrected chi connectivity index (χ0v) is 14.0. The molecule has 0 aromatic heterocycles. The average molecular weight is 327 g/mol. The van der Waals surface area contributed by atoms with Gasteiger partial charge < -0.3 is 16.4 Å². The van der Waals surface area contributed by atoms with Gasteiger partial charge in [0, 0.05) is 29.8 Å². The van der Waals surface area contributed by atoms with Crippen molar-refractivity contribution in [2.75, 3.05) is 12.4 Å². The second-order valence-corrected chi connectivity index (χ2v) is 7.94. The Kier molecular flexibility index (Phi) is 3.55. The van der Waals surface area contributed by atoms with Crippen LogP contribution in [0.15, 0.2) is 24.3 Å². The molecule has 128 valence electrons. The lowest BCUT2D eigenvalue weighted by Gasteiger charge is -2.58. The molecule has 4 N–H and O–H groups in total. The molecule has 5 rings (SSSR count). The summed E-state index contributed by atoms with van der Waals surface area (Å²) in [5, 5.41) is 6.33. The Bertz CT molecular complexity index is 671. The molecule has 5 heteroatoms. The van der Waals surface area contributed by atoms with Crippen LogP contribution in [0.2, 0.25) is 0 Å². The molecule has 24 heavy (non-hydrogen) atoms. The van der Waals surface area contributed by atoms with E-state index in [-0.39, 0.29) is 23.3 Å². The Morgan fingerprint density at radius 2 is 1.88 bits per heavy atom. The van der Waals surface area contributed by atoms with Crippen LogP contribution in [0.1, 0.15) is 42.5 Å². The molecular weight excluding hydrogens is 302 g/mol. The molecule has 0 radical (unpaired) electrons. The van der Waals surface area contributed by atoms with Gasteiger partial charge in [0.1, 0.15) is 0 Å². The highest BCUT2D eigenvalue weighted by molar-refractivity contribution is 5.95. The van der Waals surface area contributed by atoms with Gasteiger partial charge in [0.05, 0.1) is 0 Å². The third-order valence-corrected chi connectivity index (χ3v) is 6.51. The first-order valence-electron chi connectivity index (χ1n) is 8.89. The van der Waals surface area contributed by atoms with Crippen LogP contribution in [-0.2, 0) is 4.79 Å². The van der Waals surface area contributed by atoms with E-state index in [0.29, 0.717) is 23.3 Å². The number of nitrogens with two attached hydrogens (primary N) is 1. The lowest BCUT2D eigenvalue weighted by atomic mass is 9.47. The van der Waals surface area contributed by atoms with E-state index >= 15 is 0 Å². The molecule has 1 aromatic carbocycles. The van der Waals surface area contributed by atoms with Crippen LogP contribution in [0.25, 0.3) is 0 Å². The van der Waals surface area contributed by atoms with E-state index in [1.165, 1.54) is 0 Å². The summed E-state index contributed by atoms with van der Waals surface area (Å²) >= 11 is 0. The zero-order chi connectivity index (χ0) is 16.9. The Balaban J connectivity index is 1.52. The second kappa shape index (κ2) is 5.50. The van der Waals surface area contributed by atoms with Crippen LogP contribution in [-0.4, -0.2) is 24.9 Å². The number of carbonyl (C=O) groups excluding carboxylic acids is 2. The Hall–Kier alpha value is -2.04. The minimum absolute atomic E-state index is 0.0160. The molecule has 2 amide bonds. The molecule has 4 fully saturated rings. The van der Waals surface area contributed by atoms with Gasteiger partial charge in [-0.15, -0.1) is 0 Å². The molecule has 2 atom stereocenters. The van der Waals surface area contributed by atoms with E-state index in [2.05, 4.69) is 10.6 Å². The van der Waals surface area contributed by atoms with Crippen LogP contribution in [0, 0.1) is 23.2 Å². The number of anilines is 1. The van der Waals surface area contributed by atoms with Crippen molar-refractivity contribution < 1.29 is 9.59 Å². The highest BCUT2D eigenvalue weighted by Gasteiger charge is 2.58. The molecule has 4 aliphatic rings. The van der Waals surface area contributed by atoms with Crippen LogP contribution >= 0.6 is 0 Å². The summed E-state index contributed by atoms with van der Waals surface area (Å²) in [6.07, 6.45) is 4.88. The number of nitrogens with one attached hydrogen (secondary N) is 2. The van der Waals surface area contributed by atoms with Gasteiger partial charge in [-0.25, -0.2) is 0 Å². The number of hydrogen-bond acceptors (Lipinski definition) is 3. The number of amides is 2. The highest BCUT2D eigenvalue weighted by Crippen LogP contribution is 2.59. The number of hydrogen-bond donors (Lipinski definition) is 3. The molecule has 5 nitrogen and oxygen atoms in total. The predicted molar refractivity (Wildman–Crippen MR) is 92.4 cm³/mol. The maximum Gasteiger partial charge on any atom is 0.251 e. The summed E-state index contributed by atoms with van der Waals surface area (Å²) in [5.41, 5.74) is 7.04. The van der Waals surface area contributed by atoms with Gasteiger partial charge in [0.15, 0.2) is 0 Å². The van der Waals surface area contributed by atoms with Crippen LogP contribution < -0.4 is 16.4 Å². The van der Waals surface area contributed by atoms with E-state index in [4.69, 9.17) is 5.73 Å². The zero-order valence-electron chi connectivity index (χ0n) is 14.0. The lowest BCUT2D eigenvalue weighted by Crippen LogP contribution is -2.62. The SMILES string of the molecule is CNc1cccc(C(=O)NC2C3CC4CC2CC(C(N)=O)(C4)C3)c1. The Labute approximate surface area is 142 Å². The number of carbonyl (C=O) groups is 2. The summed E-state index contributed by atoms with van der Waals surface area (Å²) < 4.78 is 0. The molecule has 0 heterocycles. The Morgan fingerprint density at radius 1 is 1.17 bits per heavy atom. The highest BCUT2D eigenvalue weighted by atomic mass is 16.2. The molecule has 0 aliphatic heterocycles. The number of benzene rings is 1. The van der Waals surface area contributed by atoms with E-state index in [1.54, 1.807) is 0 Å². The molecule has 2 unspecified atom stereocenters. The van der Waals surface area contributed by atoms with E-state index in [9.17, 15) is 9.59 Å². The summed E-state index contributed by atoms with van der Waals surface area (Å²) in [4.78, 5) is 24.7. The topological polar surface area (TPSA) is 84.2 Å². The predicted octanol–water partition coefficient (Wildman–Crippen LogP) is 2.14. The maximum absolute atomic E-state index is 12.7. The van der Waals surface area contributed by atoms with Gasteiger partial charge in [0.2, 0.25) is 5.91 Å². The van der Waals surface area contributed by atoms with Gasteiger partial charge in [0.25, 0.3) is 5.91 Å². The molecule has 4 saturated carbocycles. The van der Waals surface area contributed by atoms with Crippen molar-refractivity contribution in [1.82, 2.24) is 5.32 Å². The van der Waals surface area contributed by atoms with Crippen LogP contribution in [0.4, 0.5) is 5.69 Å². The quantitative estimate of drug-likeness (QED) is 0.792. The first kappa shape index (κ1) is 15.5. The standard InChI is InChI=1S/C19H25N3O2/c1-21-15-4-2-3-12(7-15)17(23)22-16-13-5-11-6-14(16)10-19(8-11,9-13)18(20)24/h2-4,7,11,13-14,16,21H,5-6,8-10H2,1H3,(H2,20,24)(H,22,23). The van der Waals surface area contributed by atoms with Crippen LogP contribution in [0.3, 0.4) is 0 Å². The summed E-state index contributed by atoms with van der Waals surface area (Å²) in [6, 6.07) is 7.73. The minimum atomic E-state index is -0.302. The van der Waals surface area contributed by atoms with E-state index < -0.39 is 0 Å². The van der Waals surface area contributed by atoms with E-state index in [0.717, 1.165) is 37.8 Å². The van der Waals surface area contributed by atoms with Gasteiger partial charge in [-0.3, -0.25) is 9.59 Å². The van der Waals surface area contributed by atoms with Crippen molar-refractivity contribution in [3.63, 3.8) is 0 Å². The van der Waals surface area contributed by atoms with Gasteiger partial charge in [-0.05, 0) is 68.1 Å². The molecular formula is C19H25N3O2. The minimum Gasteiger partial charge on any atom is -0.388 e. The summed E-state index contributed by atoms with van der Waals surface area (Å²) in [7, 11) is 1.85. The van der Waals surface area contributed by atoms with Crippen molar-refractivity contribution in [3.8, 4) is 0 Å². The van der Waals surface area contributed by atoms with Crippen molar-refractivity contribution >= 4 is 17.5 Å². The van der Waals surface area contributed by atoms with Gasteiger partial charge >= 0.3 is 0 Å². The smallest absolute Gasteiger partial charge is 0.251 e. The first-order chi connectivity index (χ1) is 11.5. The molecule has 0 saturated heterocycles. The molecule has 4 aliphatic carbocycles. The van der Waals surface area contributed by atoms with Gasteiger partial charge in [-0.1, -0.05) is 6.07 Å². The Morgan fingerprint density at radius 3 is 2.50 bits per heavy atom. The monoisotopic (exact) mass is 327 g/mol. The first-order valence-corrected chi connectivity index (χ1v) is 8.89.